The van der Waals surface area contributed by atoms with Gasteiger partial charge in [0.15, 0.2) is 0 Å². The lowest BCUT2D eigenvalue weighted by atomic mass is 10.0. The van der Waals surface area contributed by atoms with Gasteiger partial charge in [0.2, 0.25) is 0 Å². The van der Waals surface area contributed by atoms with E-state index in [9.17, 15) is 9.59 Å². The predicted molar refractivity (Wildman–Crippen MR) is 69.2 cm³/mol. The third kappa shape index (κ3) is 3.56. The standard InChI is InChI=1S/C12H14BrNO3/c1-3-17-12(16)9-4-8(5-10(14)6-9)11(13)7(2)15/h4-6,11H,3,14H2,1-2H3. The summed E-state index contributed by atoms with van der Waals surface area (Å²) in [5.74, 6) is -0.491. The van der Waals surface area contributed by atoms with Crippen LogP contribution < -0.4 is 5.73 Å². The van der Waals surface area contributed by atoms with Crippen LogP contribution in [0, 0.1) is 0 Å². The molecule has 2 N–H and O–H groups in total. The molecule has 0 aromatic heterocycles. The SMILES string of the molecule is CCOC(=O)c1cc(N)cc(C(Br)C(C)=O)c1. The number of carbonyl (C=O) groups excluding carboxylic acids is 2. The topological polar surface area (TPSA) is 69.4 Å². The van der Waals surface area contributed by atoms with Crippen LogP contribution >= 0.6 is 15.9 Å². The lowest BCUT2D eigenvalue weighted by molar-refractivity contribution is -0.116. The molecule has 1 atom stereocenters. The molecule has 0 fully saturated rings. The van der Waals surface area contributed by atoms with Gasteiger partial charge in [-0.05, 0) is 37.6 Å². The minimum Gasteiger partial charge on any atom is -0.462 e. The molecule has 0 amide bonds. The van der Waals surface area contributed by atoms with Crippen LogP contribution in [0.25, 0.3) is 0 Å². The molecule has 0 bridgehead atoms. The molecule has 0 aliphatic carbocycles. The van der Waals surface area contributed by atoms with E-state index < -0.39 is 10.8 Å². The van der Waals surface area contributed by atoms with Crippen molar-refractivity contribution in [1.29, 1.82) is 0 Å². The van der Waals surface area contributed by atoms with Crippen LogP contribution in [0.2, 0.25) is 0 Å². The van der Waals surface area contributed by atoms with Crippen LogP contribution in [0.15, 0.2) is 18.2 Å². The average Bonchev–Trinajstić information content (AvgIpc) is 2.27. The molecule has 0 saturated heterocycles. The Labute approximate surface area is 108 Å². The Hall–Kier alpha value is -1.36. The Morgan fingerprint density at radius 2 is 2.06 bits per heavy atom. The normalized spacial score (nSPS) is 11.9. The van der Waals surface area contributed by atoms with Gasteiger partial charge in [-0.3, -0.25) is 4.79 Å². The first-order valence-corrected chi connectivity index (χ1v) is 6.09. The van der Waals surface area contributed by atoms with Crippen LogP contribution in [-0.4, -0.2) is 18.4 Å². The zero-order valence-corrected chi connectivity index (χ0v) is 11.3. The molecule has 5 heteroatoms. The molecule has 0 aliphatic heterocycles. The van der Waals surface area contributed by atoms with Crippen LogP contribution in [0.3, 0.4) is 0 Å². The molecular formula is C12H14BrNO3. The van der Waals surface area contributed by atoms with Gasteiger partial charge >= 0.3 is 5.97 Å². The first-order chi connectivity index (χ1) is 7.95. The lowest BCUT2D eigenvalue weighted by Crippen LogP contribution is -2.08. The van der Waals surface area contributed by atoms with Gasteiger partial charge in [0.1, 0.15) is 5.78 Å². The highest BCUT2D eigenvalue weighted by Gasteiger charge is 2.16. The third-order valence-corrected chi connectivity index (χ3v) is 3.31. The van der Waals surface area contributed by atoms with Crippen molar-refractivity contribution in [1.82, 2.24) is 0 Å². The molecule has 0 spiro atoms. The van der Waals surface area contributed by atoms with E-state index in [0.29, 0.717) is 23.4 Å². The monoisotopic (exact) mass is 299 g/mol. The maximum absolute atomic E-state index is 11.6. The summed E-state index contributed by atoms with van der Waals surface area (Å²) < 4.78 is 4.88. The van der Waals surface area contributed by atoms with Crippen LogP contribution in [0.5, 0.6) is 0 Å². The number of ether oxygens (including phenoxy) is 1. The molecule has 92 valence electrons. The van der Waals surface area contributed by atoms with Crippen LogP contribution in [0.1, 0.15) is 34.6 Å². The molecule has 0 radical (unpaired) electrons. The first-order valence-electron chi connectivity index (χ1n) is 5.17. The van der Waals surface area contributed by atoms with Crippen molar-refractivity contribution in [3.8, 4) is 0 Å². The summed E-state index contributed by atoms with van der Waals surface area (Å²) in [6, 6.07) is 4.79. The van der Waals surface area contributed by atoms with Crippen LogP contribution in [-0.2, 0) is 9.53 Å². The maximum atomic E-state index is 11.6. The van der Waals surface area contributed by atoms with Crippen molar-refractivity contribution in [2.45, 2.75) is 18.7 Å². The van der Waals surface area contributed by atoms with E-state index in [2.05, 4.69) is 15.9 Å². The second kappa shape index (κ2) is 5.82. The molecule has 1 unspecified atom stereocenters. The summed E-state index contributed by atoms with van der Waals surface area (Å²) in [7, 11) is 0. The number of hydrogen-bond acceptors (Lipinski definition) is 4. The zero-order valence-electron chi connectivity index (χ0n) is 9.70. The number of halogens is 1. The van der Waals surface area contributed by atoms with Crippen molar-refractivity contribution in [3.63, 3.8) is 0 Å². The number of benzene rings is 1. The van der Waals surface area contributed by atoms with Crippen LogP contribution in [0.4, 0.5) is 5.69 Å². The number of esters is 1. The Morgan fingerprint density at radius 3 is 2.59 bits per heavy atom. The third-order valence-electron chi connectivity index (χ3n) is 2.14. The summed E-state index contributed by atoms with van der Waals surface area (Å²) in [4.78, 5) is 22.4. The van der Waals surface area contributed by atoms with Crippen molar-refractivity contribution in [3.05, 3.63) is 29.3 Å². The Bertz CT molecular complexity index is 445. The number of alkyl halides is 1. The van der Waals surface area contributed by atoms with E-state index in [1.165, 1.54) is 13.0 Å². The predicted octanol–water partition coefficient (Wildman–Crippen LogP) is 2.47. The summed E-state index contributed by atoms with van der Waals surface area (Å²) in [6.07, 6.45) is 0. The van der Waals surface area contributed by atoms with Crippen molar-refractivity contribution < 1.29 is 14.3 Å². The molecule has 1 rings (SSSR count). The fraction of sp³-hybridized carbons (Fsp3) is 0.333. The minimum absolute atomic E-state index is 0.0505. The van der Waals surface area contributed by atoms with E-state index in [1.807, 2.05) is 0 Å². The molecule has 4 nitrogen and oxygen atoms in total. The highest BCUT2D eigenvalue weighted by molar-refractivity contribution is 9.09. The molecule has 1 aromatic rings. The van der Waals surface area contributed by atoms with E-state index in [1.54, 1.807) is 19.1 Å². The molecule has 0 heterocycles. The van der Waals surface area contributed by atoms with Gasteiger partial charge in [-0.15, -0.1) is 0 Å². The minimum atomic E-state index is -0.459. The van der Waals surface area contributed by atoms with Gasteiger partial charge < -0.3 is 10.5 Å². The van der Waals surface area contributed by atoms with Gasteiger partial charge in [-0.1, -0.05) is 15.9 Å². The van der Waals surface area contributed by atoms with Crippen molar-refractivity contribution in [2.24, 2.45) is 0 Å². The quantitative estimate of drug-likeness (QED) is 0.527. The maximum Gasteiger partial charge on any atom is 0.338 e. The van der Waals surface area contributed by atoms with E-state index in [-0.39, 0.29) is 5.78 Å². The number of anilines is 1. The van der Waals surface area contributed by atoms with Gasteiger partial charge in [-0.2, -0.15) is 0 Å². The summed E-state index contributed by atoms with van der Waals surface area (Å²) in [5.41, 5.74) is 7.13. The highest BCUT2D eigenvalue weighted by atomic mass is 79.9. The molecule has 0 saturated carbocycles. The van der Waals surface area contributed by atoms with E-state index in [4.69, 9.17) is 10.5 Å². The Morgan fingerprint density at radius 1 is 1.41 bits per heavy atom. The van der Waals surface area contributed by atoms with Crippen molar-refractivity contribution in [2.75, 3.05) is 12.3 Å². The van der Waals surface area contributed by atoms with E-state index >= 15 is 0 Å². The number of carbonyl (C=O) groups is 2. The first kappa shape index (κ1) is 13.7. The smallest absolute Gasteiger partial charge is 0.338 e. The molecule has 0 aliphatic rings. The lowest BCUT2D eigenvalue weighted by Gasteiger charge is -2.10. The fourth-order valence-corrected chi connectivity index (χ4v) is 1.65. The second-order valence-corrected chi connectivity index (χ2v) is 4.50. The number of nitrogens with two attached hydrogens (primary N) is 1. The Balaban J connectivity index is 3.10. The van der Waals surface area contributed by atoms with Gasteiger partial charge in [0.05, 0.1) is 17.0 Å². The number of nitrogen functional groups attached to an aromatic ring is 1. The Kier molecular flexibility index (Phi) is 4.69. The van der Waals surface area contributed by atoms with Gasteiger partial charge in [0.25, 0.3) is 0 Å². The van der Waals surface area contributed by atoms with Gasteiger partial charge in [-0.25, -0.2) is 4.79 Å². The zero-order chi connectivity index (χ0) is 13.0. The average molecular weight is 300 g/mol. The van der Waals surface area contributed by atoms with Crippen molar-refractivity contribution >= 4 is 33.4 Å². The second-order valence-electron chi connectivity index (χ2n) is 3.58. The summed E-state index contributed by atoms with van der Waals surface area (Å²) >= 11 is 3.25. The van der Waals surface area contributed by atoms with E-state index in [0.717, 1.165) is 0 Å². The number of rotatable bonds is 4. The molecule has 1 aromatic carbocycles. The number of ketones is 1. The molecular weight excluding hydrogens is 286 g/mol. The van der Waals surface area contributed by atoms with Gasteiger partial charge in [0, 0.05) is 5.69 Å². The fourth-order valence-electron chi connectivity index (χ4n) is 1.39. The summed E-state index contributed by atoms with van der Waals surface area (Å²) in [5, 5.41) is 0. The largest absolute Gasteiger partial charge is 0.462 e. The number of hydrogen-bond donors (Lipinski definition) is 1. The molecule has 17 heavy (non-hydrogen) atoms. The number of Topliss-reactive ketones (excluding diaryl/α,β-unsaturated/α-hetero) is 1. The summed E-state index contributed by atoms with van der Waals surface area (Å²) in [6.45, 7) is 3.49. The highest BCUT2D eigenvalue weighted by Crippen LogP contribution is 2.26.